The maximum atomic E-state index is 9.69. The number of aliphatic hydroxyl groups is 3. The van der Waals surface area contributed by atoms with Crippen molar-refractivity contribution in [1.82, 2.24) is 0 Å². The van der Waals surface area contributed by atoms with Gasteiger partial charge in [0.1, 0.15) is 30.9 Å². The van der Waals surface area contributed by atoms with Gasteiger partial charge < -0.3 is 20.2 Å². The predicted octanol–water partition coefficient (Wildman–Crippen LogP) is -2.48. The number of quaternary nitrogens is 1. The van der Waals surface area contributed by atoms with Crippen molar-refractivity contribution in [1.29, 1.82) is 0 Å². The van der Waals surface area contributed by atoms with Gasteiger partial charge in [-0.05, 0) is 13.3 Å². The molecule has 2 aliphatic rings. The van der Waals surface area contributed by atoms with Crippen molar-refractivity contribution in [2.24, 2.45) is 0 Å². The molecule has 13 heavy (non-hydrogen) atoms. The Morgan fingerprint density at radius 1 is 1.08 bits per heavy atom. The summed E-state index contributed by atoms with van der Waals surface area (Å²) in [7, 11) is 0. The highest BCUT2D eigenvalue weighted by molar-refractivity contribution is 4.89. The molecule has 0 aromatic carbocycles. The summed E-state index contributed by atoms with van der Waals surface area (Å²) in [4.78, 5) is 1.17. The van der Waals surface area contributed by atoms with Crippen LogP contribution in [-0.4, -0.2) is 52.3 Å². The van der Waals surface area contributed by atoms with Gasteiger partial charge in [0.2, 0.25) is 0 Å². The van der Waals surface area contributed by atoms with Gasteiger partial charge in [-0.1, -0.05) is 0 Å². The molecule has 76 valence electrons. The van der Waals surface area contributed by atoms with E-state index in [-0.39, 0.29) is 6.04 Å². The van der Waals surface area contributed by atoms with E-state index in [9.17, 15) is 15.3 Å². The molecule has 2 rings (SSSR count). The van der Waals surface area contributed by atoms with Gasteiger partial charge in [-0.25, -0.2) is 0 Å². The van der Waals surface area contributed by atoms with Crippen LogP contribution in [0.25, 0.3) is 0 Å². The van der Waals surface area contributed by atoms with Gasteiger partial charge in [0.15, 0.2) is 0 Å². The molecule has 0 aromatic rings. The monoisotopic (exact) mass is 188 g/mol. The molecule has 2 aliphatic heterocycles. The fourth-order valence-corrected chi connectivity index (χ4v) is 2.75. The lowest BCUT2D eigenvalue weighted by atomic mass is 9.93. The molecule has 4 heteroatoms. The third-order valence-corrected chi connectivity index (χ3v) is 3.58. The minimum Gasteiger partial charge on any atom is -0.387 e. The van der Waals surface area contributed by atoms with Crippen LogP contribution in [0, 0.1) is 0 Å². The van der Waals surface area contributed by atoms with Gasteiger partial charge in [-0.3, -0.25) is 0 Å². The Morgan fingerprint density at radius 3 is 2.38 bits per heavy atom. The predicted molar refractivity (Wildman–Crippen MR) is 46.3 cm³/mol. The number of aliphatic hydroxyl groups excluding tert-OH is 3. The van der Waals surface area contributed by atoms with E-state index in [2.05, 4.69) is 6.92 Å². The lowest BCUT2D eigenvalue weighted by Gasteiger charge is -2.36. The maximum Gasteiger partial charge on any atom is 0.143 e. The number of piperidine rings is 1. The summed E-state index contributed by atoms with van der Waals surface area (Å²) in [6.07, 6.45) is -0.118. The normalized spacial score (nSPS) is 56.3. The number of nitrogens with one attached hydrogen (secondary N) is 1. The molecule has 1 unspecified atom stereocenters. The molecule has 4 N–H and O–H groups in total. The molecule has 0 amide bonds. The van der Waals surface area contributed by atoms with Gasteiger partial charge >= 0.3 is 0 Å². The second kappa shape index (κ2) is 3.20. The van der Waals surface area contributed by atoms with E-state index in [1.165, 1.54) is 4.90 Å². The maximum absolute atomic E-state index is 9.69. The first-order valence-corrected chi connectivity index (χ1v) is 5.01. The molecular formula is C9H18NO3+. The SMILES string of the molecule is C[C@@H]1CC[C@@H](O)[C@@H]2[C@H](O)[C@H](O)C[NH+]21. The third-order valence-electron chi connectivity index (χ3n) is 3.58. The average molecular weight is 188 g/mol. The van der Waals surface area contributed by atoms with Crippen molar-refractivity contribution >= 4 is 0 Å². The summed E-state index contributed by atoms with van der Waals surface area (Å²) in [5.41, 5.74) is 0. The molecular weight excluding hydrogens is 170 g/mol. The molecule has 2 saturated heterocycles. The molecule has 0 spiro atoms. The van der Waals surface area contributed by atoms with Gasteiger partial charge in [-0.2, -0.15) is 0 Å². The number of hydrogen-bond acceptors (Lipinski definition) is 3. The Hall–Kier alpha value is -0.160. The summed E-state index contributed by atoms with van der Waals surface area (Å²) in [6, 6.07) is 0.277. The van der Waals surface area contributed by atoms with Crippen molar-refractivity contribution in [3.63, 3.8) is 0 Å². The Bertz CT molecular complexity index is 199. The first kappa shape index (κ1) is 9.40. The van der Waals surface area contributed by atoms with E-state index in [0.717, 1.165) is 12.8 Å². The van der Waals surface area contributed by atoms with Crippen molar-refractivity contribution < 1.29 is 20.2 Å². The zero-order valence-electron chi connectivity index (χ0n) is 7.85. The number of hydrogen-bond donors (Lipinski definition) is 4. The van der Waals surface area contributed by atoms with Crippen LogP contribution in [0.1, 0.15) is 19.8 Å². The molecule has 2 heterocycles. The van der Waals surface area contributed by atoms with Crippen LogP contribution in [0.2, 0.25) is 0 Å². The van der Waals surface area contributed by atoms with Crippen LogP contribution in [-0.2, 0) is 0 Å². The van der Waals surface area contributed by atoms with E-state index in [4.69, 9.17) is 0 Å². The van der Waals surface area contributed by atoms with Crippen molar-refractivity contribution in [3.8, 4) is 0 Å². The van der Waals surface area contributed by atoms with Gasteiger partial charge in [0.05, 0.1) is 6.04 Å². The van der Waals surface area contributed by atoms with Gasteiger partial charge in [0.25, 0.3) is 0 Å². The summed E-state index contributed by atoms with van der Waals surface area (Å²) in [5.74, 6) is 0. The fraction of sp³-hybridized carbons (Fsp3) is 1.00. The van der Waals surface area contributed by atoms with Crippen LogP contribution < -0.4 is 4.90 Å². The summed E-state index contributed by atoms with van der Waals surface area (Å²) >= 11 is 0. The smallest absolute Gasteiger partial charge is 0.143 e. The molecule has 0 aromatic heterocycles. The molecule has 0 radical (unpaired) electrons. The molecule has 2 fully saturated rings. The highest BCUT2D eigenvalue weighted by atomic mass is 16.3. The molecule has 0 saturated carbocycles. The molecule has 6 atom stereocenters. The van der Waals surface area contributed by atoms with Crippen LogP contribution in [0.5, 0.6) is 0 Å². The summed E-state index contributed by atoms with van der Waals surface area (Å²) < 4.78 is 0. The first-order valence-electron chi connectivity index (χ1n) is 5.01. The Morgan fingerprint density at radius 2 is 1.77 bits per heavy atom. The van der Waals surface area contributed by atoms with E-state index in [0.29, 0.717) is 12.6 Å². The Labute approximate surface area is 77.8 Å². The van der Waals surface area contributed by atoms with Crippen LogP contribution in [0.15, 0.2) is 0 Å². The lowest BCUT2D eigenvalue weighted by molar-refractivity contribution is -0.946. The molecule has 4 nitrogen and oxygen atoms in total. The average Bonchev–Trinajstić information content (AvgIpc) is 2.38. The van der Waals surface area contributed by atoms with Crippen LogP contribution >= 0.6 is 0 Å². The lowest BCUT2D eigenvalue weighted by Crippen LogP contribution is -3.20. The van der Waals surface area contributed by atoms with E-state index < -0.39 is 18.3 Å². The topological polar surface area (TPSA) is 65.1 Å². The summed E-state index contributed by atoms with van der Waals surface area (Å²) in [5, 5.41) is 28.8. The highest BCUT2D eigenvalue weighted by Gasteiger charge is 2.51. The van der Waals surface area contributed by atoms with Crippen LogP contribution in [0.3, 0.4) is 0 Å². The van der Waals surface area contributed by atoms with E-state index >= 15 is 0 Å². The van der Waals surface area contributed by atoms with Gasteiger partial charge in [0, 0.05) is 6.42 Å². The van der Waals surface area contributed by atoms with E-state index in [1.54, 1.807) is 0 Å². The number of rotatable bonds is 0. The zero-order valence-corrected chi connectivity index (χ0v) is 7.85. The van der Waals surface area contributed by atoms with Crippen molar-refractivity contribution in [2.45, 2.75) is 50.2 Å². The quantitative estimate of drug-likeness (QED) is 0.340. The fourth-order valence-electron chi connectivity index (χ4n) is 2.75. The molecule has 0 bridgehead atoms. The van der Waals surface area contributed by atoms with E-state index in [1.807, 2.05) is 0 Å². The van der Waals surface area contributed by atoms with Crippen LogP contribution in [0.4, 0.5) is 0 Å². The van der Waals surface area contributed by atoms with Gasteiger partial charge in [-0.15, -0.1) is 0 Å². The highest BCUT2D eigenvalue weighted by Crippen LogP contribution is 2.17. The Balaban J connectivity index is 2.17. The largest absolute Gasteiger partial charge is 0.387 e. The Kier molecular flexibility index (Phi) is 2.32. The first-order chi connectivity index (χ1) is 6.11. The standard InChI is InChI=1S/C9H17NO3/c1-5-2-3-6(11)8-9(13)7(12)4-10(5)8/h5-9,11-13H,2-4H2,1H3/p+1/t5-,6-,7-,8-,9-/m1/s1. The molecule has 0 aliphatic carbocycles. The second-order valence-electron chi connectivity index (χ2n) is 4.41. The zero-order chi connectivity index (χ0) is 9.59. The second-order valence-corrected chi connectivity index (χ2v) is 4.41. The van der Waals surface area contributed by atoms with Crippen molar-refractivity contribution in [3.05, 3.63) is 0 Å². The number of fused-ring (bicyclic) bond motifs is 1. The van der Waals surface area contributed by atoms with Crippen molar-refractivity contribution in [2.75, 3.05) is 6.54 Å². The minimum absolute atomic E-state index is 0.168. The third kappa shape index (κ3) is 1.38. The summed E-state index contributed by atoms with van der Waals surface area (Å²) in [6.45, 7) is 2.68. The minimum atomic E-state index is -0.743.